The average Bonchev–Trinajstić information content (AvgIpc) is 2.65. The molecule has 0 radical (unpaired) electrons. The van der Waals surface area contributed by atoms with Crippen LogP contribution in [0.2, 0.25) is 0 Å². The van der Waals surface area contributed by atoms with Crippen LogP contribution < -0.4 is 5.32 Å². The van der Waals surface area contributed by atoms with Crippen molar-refractivity contribution in [2.24, 2.45) is 0 Å². The van der Waals surface area contributed by atoms with E-state index in [4.69, 9.17) is 4.74 Å². The van der Waals surface area contributed by atoms with Gasteiger partial charge in [0.1, 0.15) is 17.4 Å². The molecule has 0 unspecified atom stereocenters. The third kappa shape index (κ3) is 6.42. The van der Waals surface area contributed by atoms with Gasteiger partial charge in [-0.15, -0.1) is 0 Å². The summed E-state index contributed by atoms with van der Waals surface area (Å²) in [4.78, 5) is 27.4. The van der Waals surface area contributed by atoms with Gasteiger partial charge in [0.05, 0.1) is 6.54 Å². The van der Waals surface area contributed by atoms with Crippen molar-refractivity contribution in [1.82, 2.24) is 10.2 Å². The van der Waals surface area contributed by atoms with Gasteiger partial charge in [-0.25, -0.2) is 0 Å². The summed E-state index contributed by atoms with van der Waals surface area (Å²) in [5.41, 5.74) is 0.311. The Balaban J connectivity index is 2.04. The third-order valence-corrected chi connectivity index (χ3v) is 4.39. The molecule has 2 amide bonds. The van der Waals surface area contributed by atoms with E-state index in [0.29, 0.717) is 25.1 Å². The van der Waals surface area contributed by atoms with Crippen molar-refractivity contribution in [3.05, 3.63) is 47.7 Å². The summed E-state index contributed by atoms with van der Waals surface area (Å²) < 4.78 is 5.93. The molecule has 1 atom stereocenters. The third-order valence-electron chi connectivity index (χ3n) is 4.39. The zero-order chi connectivity index (χ0) is 19.9. The van der Waals surface area contributed by atoms with Crippen LogP contribution in [-0.4, -0.2) is 41.4 Å². The maximum Gasteiger partial charge on any atom is 0.254 e. The number of likely N-dealkylation sites (tertiary alicyclic amines) is 1. The lowest BCUT2D eigenvalue weighted by molar-refractivity contribution is -0.126. The lowest BCUT2D eigenvalue weighted by atomic mass is 10.00. The van der Waals surface area contributed by atoms with Gasteiger partial charge >= 0.3 is 0 Å². The van der Waals surface area contributed by atoms with Crippen LogP contribution in [0.3, 0.4) is 0 Å². The van der Waals surface area contributed by atoms with Crippen molar-refractivity contribution in [1.29, 1.82) is 0 Å². The van der Waals surface area contributed by atoms with Crippen molar-refractivity contribution in [3.8, 4) is 0 Å². The highest BCUT2D eigenvalue weighted by Crippen LogP contribution is 2.20. The van der Waals surface area contributed by atoms with Crippen LogP contribution in [0.15, 0.2) is 42.2 Å². The van der Waals surface area contributed by atoms with Gasteiger partial charge < -0.3 is 15.0 Å². The molecule has 1 aromatic carbocycles. The predicted octanol–water partition coefficient (Wildman–Crippen LogP) is 3.91. The Labute approximate surface area is 162 Å². The molecule has 5 nitrogen and oxygen atoms in total. The van der Waals surface area contributed by atoms with E-state index in [2.05, 4.69) is 5.32 Å². The summed E-state index contributed by atoms with van der Waals surface area (Å²) in [6.07, 6.45) is 5.39. The van der Waals surface area contributed by atoms with E-state index in [9.17, 15) is 9.59 Å². The standard InChI is InChI=1S/C22H32N2O3/c1-5-11-18(27-22(2,3)4)16-23-20(25)19-14-9-10-15-24(19)21(26)17-12-7-6-8-13-17/h6-8,11-13,19H,5,9-10,14-16H2,1-4H3,(H,23,25)/b18-11-/t19-/m0/s1. The smallest absolute Gasteiger partial charge is 0.254 e. The fourth-order valence-corrected chi connectivity index (χ4v) is 3.26. The number of allylic oxidation sites excluding steroid dienone is 1. The Kier molecular flexibility index (Phi) is 7.45. The molecule has 148 valence electrons. The molecule has 2 rings (SSSR count). The van der Waals surface area contributed by atoms with Crippen molar-refractivity contribution in [2.75, 3.05) is 13.1 Å². The molecule has 0 saturated carbocycles. The molecule has 0 aliphatic carbocycles. The summed E-state index contributed by atoms with van der Waals surface area (Å²) in [5.74, 6) is 0.569. The molecule has 1 fully saturated rings. The molecule has 0 bridgehead atoms. The number of carbonyl (C=O) groups is 2. The number of hydrogen-bond acceptors (Lipinski definition) is 3. The Hall–Kier alpha value is -2.30. The molecule has 1 aliphatic rings. The molecule has 0 spiro atoms. The van der Waals surface area contributed by atoms with E-state index in [-0.39, 0.29) is 17.4 Å². The van der Waals surface area contributed by atoms with Crippen LogP contribution in [0.1, 0.15) is 63.7 Å². The minimum atomic E-state index is -0.427. The SMILES string of the molecule is CC/C=C(/CNC(=O)[C@@H]1CCCCN1C(=O)c1ccccc1)OC(C)(C)C. The molecule has 1 heterocycles. The first kappa shape index (κ1) is 21.0. The first-order chi connectivity index (χ1) is 12.8. The number of piperidine rings is 1. The second kappa shape index (κ2) is 9.58. The summed E-state index contributed by atoms with van der Waals surface area (Å²) >= 11 is 0. The van der Waals surface area contributed by atoms with Gasteiger partial charge in [0.2, 0.25) is 5.91 Å². The van der Waals surface area contributed by atoms with Crippen molar-refractivity contribution >= 4 is 11.8 Å². The van der Waals surface area contributed by atoms with Gasteiger partial charge in [0.15, 0.2) is 0 Å². The first-order valence-electron chi connectivity index (χ1n) is 9.83. The number of carbonyl (C=O) groups excluding carboxylic acids is 2. The summed E-state index contributed by atoms with van der Waals surface area (Å²) in [5, 5.41) is 2.97. The number of amides is 2. The molecule has 0 aromatic heterocycles. The van der Waals surface area contributed by atoms with Crippen LogP contribution in [0.4, 0.5) is 0 Å². The molecular formula is C22H32N2O3. The summed E-state index contributed by atoms with van der Waals surface area (Å²) in [6.45, 7) is 8.95. The van der Waals surface area contributed by atoms with Crippen molar-refractivity contribution in [2.45, 2.75) is 65.0 Å². The highest BCUT2D eigenvalue weighted by Gasteiger charge is 2.32. The minimum absolute atomic E-state index is 0.0780. The second-order valence-corrected chi connectivity index (χ2v) is 7.89. The van der Waals surface area contributed by atoms with Gasteiger partial charge in [-0.2, -0.15) is 0 Å². The normalized spacial score (nSPS) is 18.1. The lowest BCUT2D eigenvalue weighted by Gasteiger charge is -2.35. The number of ether oxygens (including phenoxy) is 1. The maximum absolute atomic E-state index is 12.9. The lowest BCUT2D eigenvalue weighted by Crippen LogP contribution is -2.52. The topological polar surface area (TPSA) is 58.6 Å². The molecule has 1 saturated heterocycles. The average molecular weight is 373 g/mol. The first-order valence-corrected chi connectivity index (χ1v) is 9.83. The van der Waals surface area contributed by atoms with E-state index in [1.54, 1.807) is 17.0 Å². The van der Waals surface area contributed by atoms with E-state index in [1.165, 1.54) is 0 Å². The minimum Gasteiger partial charge on any atom is -0.491 e. The van der Waals surface area contributed by atoms with Gasteiger partial charge in [-0.3, -0.25) is 9.59 Å². The largest absolute Gasteiger partial charge is 0.491 e. The van der Waals surface area contributed by atoms with Gasteiger partial charge in [0, 0.05) is 12.1 Å². The van der Waals surface area contributed by atoms with Gasteiger partial charge in [-0.1, -0.05) is 25.1 Å². The quantitative estimate of drug-likeness (QED) is 0.770. The molecular weight excluding hydrogens is 340 g/mol. The second-order valence-electron chi connectivity index (χ2n) is 7.89. The van der Waals surface area contributed by atoms with Gasteiger partial charge in [0.25, 0.3) is 5.91 Å². The van der Waals surface area contributed by atoms with Gasteiger partial charge in [-0.05, 0) is 64.7 Å². The fraction of sp³-hybridized carbons (Fsp3) is 0.545. The predicted molar refractivity (Wildman–Crippen MR) is 107 cm³/mol. The molecule has 1 aromatic rings. The Morgan fingerprint density at radius 2 is 1.93 bits per heavy atom. The Morgan fingerprint density at radius 3 is 2.56 bits per heavy atom. The van der Waals surface area contributed by atoms with Crippen molar-refractivity contribution < 1.29 is 14.3 Å². The number of rotatable bonds is 6. The van der Waals surface area contributed by atoms with Crippen LogP contribution in [-0.2, 0) is 9.53 Å². The highest BCUT2D eigenvalue weighted by atomic mass is 16.5. The van der Waals surface area contributed by atoms with Crippen LogP contribution in [0.25, 0.3) is 0 Å². The highest BCUT2D eigenvalue weighted by molar-refractivity contribution is 5.97. The zero-order valence-corrected chi connectivity index (χ0v) is 17.0. The maximum atomic E-state index is 12.9. The molecule has 27 heavy (non-hydrogen) atoms. The van der Waals surface area contributed by atoms with E-state index >= 15 is 0 Å². The van der Waals surface area contributed by atoms with Crippen molar-refractivity contribution in [3.63, 3.8) is 0 Å². The number of nitrogens with zero attached hydrogens (tertiary/aromatic N) is 1. The number of nitrogens with one attached hydrogen (secondary N) is 1. The monoisotopic (exact) mass is 372 g/mol. The Morgan fingerprint density at radius 1 is 1.22 bits per heavy atom. The molecule has 1 N–H and O–H groups in total. The zero-order valence-electron chi connectivity index (χ0n) is 17.0. The fourth-order valence-electron chi connectivity index (χ4n) is 3.26. The number of hydrogen-bond donors (Lipinski definition) is 1. The van der Waals surface area contributed by atoms with Crippen LogP contribution in [0.5, 0.6) is 0 Å². The molecule has 1 aliphatic heterocycles. The summed E-state index contributed by atoms with van der Waals surface area (Å²) in [6, 6.07) is 8.74. The van der Waals surface area contributed by atoms with E-state index in [0.717, 1.165) is 25.0 Å². The summed E-state index contributed by atoms with van der Waals surface area (Å²) in [7, 11) is 0. The van der Waals surface area contributed by atoms with Crippen LogP contribution in [0, 0.1) is 0 Å². The molecule has 5 heteroatoms. The van der Waals surface area contributed by atoms with E-state index < -0.39 is 6.04 Å². The van der Waals surface area contributed by atoms with E-state index in [1.807, 2.05) is 52.0 Å². The Bertz CT molecular complexity index is 662. The number of benzene rings is 1. The van der Waals surface area contributed by atoms with Crippen LogP contribution >= 0.6 is 0 Å².